The van der Waals surface area contributed by atoms with Crippen LogP contribution in [0.3, 0.4) is 0 Å². The number of anilines is 1. The second-order valence-electron chi connectivity index (χ2n) is 5.51. The zero-order valence-corrected chi connectivity index (χ0v) is 17.5. The number of thioether (sulfide) groups is 1. The first kappa shape index (κ1) is 21.8. The van der Waals surface area contributed by atoms with Crippen molar-refractivity contribution in [2.24, 2.45) is 4.99 Å². The van der Waals surface area contributed by atoms with E-state index in [1.165, 1.54) is 30.7 Å². The Labute approximate surface area is 170 Å². The van der Waals surface area contributed by atoms with Gasteiger partial charge < -0.3 is 16.0 Å². The Hall–Kier alpha value is -1.23. The summed E-state index contributed by atoms with van der Waals surface area (Å²) in [7, 11) is 0. The number of nitrogens with one attached hydrogen (secondary N) is 3. The van der Waals surface area contributed by atoms with E-state index in [-0.39, 0.29) is 29.7 Å². The second-order valence-corrected chi connectivity index (χ2v) is 6.92. The minimum atomic E-state index is -0.396. The summed E-state index contributed by atoms with van der Waals surface area (Å²) in [4.78, 5) is 14.9. The quantitative estimate of drug-likeness (QED) is 0.133. The topological polar surface area (TPSA) is 91.6 Å². The van der Waals surface area contributed by atoms with Gasteiger partial charge in [0.2, 0.25) is 0 Å². The van der Waals surface area contributed by atoms with E-state index in [0.717, 1.165) is 31.3 Å². The number of nitro benzene ring substituents is 1. The van der Waals surface area contributed by atoms with Gasteiger partial charge in [0.25, 0.3) is 5.69 Å². The molecule has 0 aliphatic carbocycles. The van der Waals surface area contributed by atoms with Gasteiger partial charge in [-0.2, -0.15) is 11.8 Å². The maximum atomic E-state index is 10.6. The van der Waals surface area contributed by atoms with Crippen LogP contribution in [0.2, 0.25) is 0 Å². The lowest BCUT2D eigenvalue weighted by molar-refractivity contribution is -0.384. The maximum absolute atomic E-state index is 10.6. The maximum Gasteiger partial charge on any atom is 0.269 e. The SMILES string of the molecule is CCNC(=NCC1CCCS1)NCCNc1ccc([N+](=O)[O-])cc1.I. The number of guanidine groups is 1. The second kappa shape index (κ2) is 12.2. The highest BCUT2D eigenvalue weighted by Gasteiger charge is 2.14. The molecule has 1 atom stereocenters. The average molecular weight is 479 g/mol. The molecule has 1 unspecified atom stereocenters. The first-order chi connectivity index (χ1) is 11.7. The number of halogens is 1. The van der Waals surface area contributed by atoms with Crippen molar-refractivity contribution in [3.8, 4) is 0 Å². The van der Waals surface area contributed by atoms with Crippen LogP contribution in [0, 0.1) is 10.1 Å². The Morgan fingerprint density at radius 1 is 1.32 bits per heavy atom. The lowest BCUT2D eigenvalue weighted by Crippen LogP contribution is -2.40. The summed E-state index contributed by atoms with van der Waals surface area (Å²) in [5.41, 5.74) is 0.969. The van der Waals surface area contributed by atoms with Gasteiger partial charge in [-0.1, -0.05) is 0 Å². The number of non-ortho nitro benzene ring substituents is 1. The third kappa shape index (κ3) is 8.13. The van der Waals surface area contributed by atoms with Gasteiger partial charge in [0, 0.05) is 42.7 Å². The van der Waals surface area contributed by atoms with E-state index in [1.807, 2.05) is 11.8 Å². The smallest absolute Gasteiger partial charge is 0.269 e. The van der Waals surface area contributed by atoms with E-state index in [2.05, 4.69) is 27.9 Å². The highest BCUT2D eigenvalue weighted by Crippen LogP contribution is 2.25. The molecular weight excluding hydrogens is 453 g/mol. The predicted octanol–water partition coefficient (Wildman–Crippen LogP) is 3.08. The molecule has 1 heterocycles. The highest BCUT2D eigenvalue weighted by molar-refractivity contribution is 14.0. The third-order valence-corrected chi connectivity index (χ3v) is 5.03. The Morgan fingerprint density at radius 3 is 2.68 bits per heavy atom. The molecule has 3 N–H and O–H groups in total. The van der Waals surface area contributed by atoms with Crippen LogP contribution in [0.25, 0.3) is 0 Å². The van der Waals surface area contributed by atoms with Crippen molar-refractivity contribution in [2.75, 3.05) is 37.2 Å². The number of hydrogen-bond donors (Lipinski definition) is 3. The predicted molar refractivity (Wildman–Crippen MR) is 116 cm³/mol. The molecule has 1 aliphatic rings. The summed E-state index contributed by atoms with van der Waals surface area (Å²) in [5, 5.41) is 21.1. The number of nitro groups is 1. The summed E-state index contributed by atoms with van der Waals surface area (Å²) < 4.78 is 0. The third-order valence-electron chi connectivity index (χ3n) is 3.65. The van der Waals surface area contributed by atoms with Crippen LogP contribution < -0.4 is 16.0 Å². The number of nitrogens with zero attached hydrogens (tertiary/aromatic N) is 2. The zero-order valence-electron chi connectivity index (χ0n) is 14.4. The fourth-order valence-electron chi connectivity index (χ4n) is 2.41. The number of aliphatic imine (C=N–C) groups is 1. The molecule has 1 fully saturated rings. The minimum absolute atomic E-state index is 0. The molecule has 1 aromatic carbocycles. The van der Waals surface area contributed by atoms with Gasteiger partial charge in [-0.3, -0.25) is 15.1 Å². The van der Waals surface area contributed by atoms with Crippen molar-refractivity contribution in [1.82, 2.24) is 10.6 Å². The van der Waals surface area contributed by atoms with Crippen LogP contribution in [0.1, 0.15) is 19.8 Å². The number of hydrogen-bond acceptors (Lipinski definition) is 5. The summed E-state index contributed by atoms with van der Waals surface area (Å²) in [6.07, 6.45) is 2.56. The van der Waals surface area contributed by atoms with Gasteiger partial charge in [-0.25, -0.2) is 0 Å². The van der Waals surface area contributed by atoms with E-state index in [0.29, 0.717) is 11.8 Å². The molecule has 0 spiro atoms. The van der Waals surface area contributed by atoms with E-state index >= 15 is 0 Å². The van der Waals surface area contributed by atoms with Crippen LogP contribution in [-0.4, -0.2) is 48.1 Å². The van der Waals surface area contributed by atoms with Crippen molar-refractivity contribution >= 4 is 53.1 Å². The first-order valence-corrected chi connectivity index (χ1v) is 9.36. The van der Waals surface area contributed by atoms with Crippen molar-refractivity contribution in [3.63, 3.8) is 0 Å². The largest absolute Gasteiger partial charge is 0.383 e. The Morgan fingerprint density at radius 2 is 2.08 bits per heavy atom. The first-order valence-electron chi connectivity index (χ1n) is 8.31. The van der Waals surface area contributed by atoms with Crippen molar-refractivity contribution in [3.05, 3.63) is 34.4 Å². The fraction of sp³-hybridized carbons (Fsp3) is 0.562. The molecule has 140 valence electrons. The van der Waals surface area contributed by atoms with Gasteiger partial charge in [0.15, 0.2) is 5.96 Å². The van der Waals surface area contributed by atoms with Crippen LogP contribution in [0.15, 0.2) is 29.3 Å². The van der Waals surface area contributed by atoms with Gasteiger partial charge in [0.1, 0.15) is 0 Å². The molecule has 0 saturated carbocycles. The molecule has 1 aromatic rings. The van der Waals surface area contributed by atoms with Crippen molar-refractivity contribution < 1.29 is 4.92 Å². The van der Waals surface area contributed by atoms with Crippen molar-refractivity contribution in [1.29, 1.82) is 0 Å². The molecule has 9 heteroatoms. The Balaban J connectivity index is 0.00000312. The Bertz CT molecular complexity index is 550. The Kier molecular flexibility index (Phi) is 10.6. The lowest BCUT2D eigenvalue weighted by Gasteiger charge is -2.13. The van der Waals surface area contributed by atoms with Crippen LogP contribution in [0.5, 0.6) is 0 Å². The molecule has 2 rings (SSSR count). The van der Waals surface area contributed by atoms with E-state index in [1.54, 1.807) is 12.1 Å². The molecular formula is C16H26IN5O2S. The monoisotopic (exact) mass is 479 g/mol. The van der Waals surface area contributed by atoms with E-state index in [9.17, 15) is 10.1 Å². The summed E-state index contributed by atoms with van der Waals surface area (Å²) in [6, 6.07) is 6.44. The van der Waals surface area contributed by atoms with Gasteiger partial charge >= 0.3 is 0 Å². The molecule has 0 aromatic heterocycles. The van der Waals surface area contributed by atoms with E-state index in [4.69, 9.17) is 0 Å². The zero-order chi connectivity index (χ0) is 17.2. The molecule has 0 radical (unpaired) electrons. The molecule has 1 aliphatic heterocycles. The molecule has 0 bridgehead atoms. The molecule has 0 amide bonds. The number of benzene rings is 1. The van der Waals surface area contributed by atoms with Crippen LogP contribution >= 0.6 is 35.7 Å². The van der Waals surface area contributed by atoms with Gasteiger partial charge in [-0.15, -0.1) is 24.0 Å². The van der Waals surface area contributed by atoms with Gasteiger partial charge in [-0.05, 0) is 37.7 Å². The minimum Gasteiger partial charge on any atom is -0.383 e. The molecule has 25 heavy (non-hydrogen) atoms. The van der Waals surface area contributed by atoms with Crippen LogP contribution in [-0.2, 0) is 0 Å². The number of rotatable bonds is 8. The standard InChI is InChI=1S/C16H25N5O2S.HI/c1-2-17-16(20-12-15-4-3-11-24-15)19-10-9-18-13-5-7-14(8-6-13)21(22)23;/h5-8,15,18H,2-4,9-12H2,1H3,(H2,17,19,20);1H. The average Bonchev–Trinajstić information content (AvgIpc) is 3.10. The summed E-state index contributed by atoms with van der Waals surface area (Å²) in [6.45, 7) is 5.17. The summed E-state index contributed by atoms with van der Waals surface area (Å²) in [5.74, 6) is 2.10. The molecule has 1 saturated heterocycles. The van der Waals surface area contributed by atoms with Gasteiger partial charge in [0.05, 0.1) is 11.5 Å². The summed E-state index contributed by atoms with van der Waals surface area (Å²) >= 11 is 2.01. The van der Waals surface area contributed by atoms with E-state index < -0.39 is 4.92 Å². The highest BCUT2D eigenvalue weighted by atomic mass is 127. The normalized spacial score (nSPS) is 16.8. The lowest BCUT2D eigenvalue weighted by atomic mass is 10.2. The molecule has 7 nitrogen and oxygen atoms in total. The van der Waals surface area contributed by atoms with Crippen molar-refractivity contribution in [2.45, 2.75) is 25.0 Å². The fourth-order valence-corrected chi connectivity index (χ4v) is 3.59. The van der Waals surface area contributed by atoms with Crippen LogP contribution in [0.4, 0.5) is 11.4 Å².